The Labute approximate surface area is 94.5 Å². The quantitative estimate of drug-likeness (QED) is 0.556. The number of hydrogen-bond acceptors (Lipinski definition) is 1. The summed E-state index contributed by atoms with van der Waals surface area (Å²) in [6, 6.07) is 8.71. The Balaban J connectivity index is 2.59. The molecule has 0 saturated heterocycles. The van der Waals surface area contributed by atoms with E-state index in [1.54, 1.807) is 0 Å². The van der Waals surface area contributed by atoms with Gasteiger partial charge in [0.25, 0.3) is 0 Å². The fraction of sp³-hybridized carbons (Fsp3) is 0.214. The number of hydrogen-bond donors (Lipinski definition) is 0. The molecule has 2 nitrogen and oxygen atoms in total. The van der Waals surface area contributed by atoms with E-state index in [4.69, 9.17) is 0 Å². The third-order valence-electron chi connectivity index (χ3n) is 3.14. The highest BCUT2D eigenvalue weighted by molar-refractivity contribution is 6.05. The number of aryl methyl sites for hydroxylation is 3. The highest BCUT2D eigenvalue weighted by Gasteiger charge is 2.08. The maximum absolute atomic E-state index is 4.54. The molecule has 0 aliphatic carbocycles. The van der Waals surface area contributed by atoms with Gasteiger partial charge in [-0.25, -0.2) is 0 Å². The molecule has 2 heterocycles. The van der Waals surface area contributed by atoms with Crippen LogP contribution in [-0.2, 0) is 7.05 Å². The van der Waals surface area contributed by atoms with Crippen LogP contribution in [0.5, 0.6) is 0 Å². The Hall–Kier alpha value is -1.83. The van der Waals surface area contributed by atoms with Crippen LogP contribution in [0.2, 0.25) is 0 Å². The first-order valence-electron chi connectivity index (χ1n) is 5.48. The summed E-state index contributed by atoms with van der Waals surface area (Å²) in [6.07, 6.45) is 1.93. The van der Waals surface area contributed by atoms with E-state index in [9.17, 15) is 0 Å². The molecule has 0 saturated carbocycles. The van der Waals surface area contributed by atoms with Gasteiger partial charge in [0.2, 0.25) is 0 Å². The van der Waals surface area contributed by atoms with Crippen LogP contribution < -0.4 is 0 Å². The van der Waals surface area contributed by atoms with Crippen LogP contribution in [0.15, 0.2) is 30.5 Å². The number of pyridine rings is 1. The van der Waals surface area contributed by atoms with Gasteiger partial charge >= 0.3 is 0 Å². The average Bonchev–Trinajstić information content (AvgIpc) is 2.53. The van der Waals surface area contributed by atoms with Gasteiger partial charge in [0, 0.05) is 18.6 Å². The van der Waals surface area contributed by atoms with E-state index in [0.717, 1.165) is 5.52 Å². The van der Waals surface area contributed by atoms with Gasteiger partial charge in [0.05, 0.1) is 16.6 Å². The van der Waals surface area contributed by atoms with Gasteiger partial charge in [-0.15, -0.1) is 0 Å². The Bertz CT molecular complexity index is 633. The van der Waals surface area contributed by atoms with Crippen molar-refractivity contribution in [2.45, 2.75) is 13.8 Å². The Morgan fingerprint density at radius 1 is 1.00 bits per heavy atom. The van der Waals surface area contributed by atoms with Crippen molar-refractivity contribution in [3.8, 4) is 0 Å². The zero-order valence-electron chi connectivity index (χ0n) is 9.78. The van der Waals surface area contributed by atoms with Crippen molar-refractivity contribution in [1.29, 1.82) is 0 Å². The highest BCUT2D eigenvalue weighted by atomic mass is 15.0. The third-order valence-corrected chi connectivity index (χ3v) is 3.14. The Morgan fingerprint density at radius 3 is 2.56 bits per heavy atom. The van der Waals surface area contributed by atoms with Crippen molar-refractivity contribution in [3.63, 3.8) is 0 Å². The van der Waals surface area contributed by atoms with Gasteiger partial charge in [0.15, 0.2) is 0 Å². The predicted octanol–water partition coefficient (Wildman–Crippen LogP) is 3.34. The highest BCUT2D eigenvalue weighted by Crippen LogP contribution is 2.27. The molecule has 1 aromatic carbocycles. The van der Waals surface area contributed by atoms with Crippen LogP contribution >= 0.6 is 0 Å². The molecule has 3 rings (SSSR count). The minimum absolute atomic E-state index is 1.10. The Kier molecular flexibility index (Phi) is 1.81. The van der Waals surface area contributed by atoms with Gasteiger partial charge in [-0.2, -0.15) is 0 Å². The van der Waals surface area contributed by atoms with Gasteiger partial charge in [-0.05, 0) is 37.1 Å². The van der Waals surface area contributed by atoms with Crippen LogP contribution in [0.25, 0.3) is 21.9 Å². The van der Waals surface area contributed by atoms with E-state index in [0.29, 0.717) is 0 Å². The van der Waals surface area contributed by atoms with E-state index in [-0.39, 0.29) is 0 Å². The molecule has 0 radical (unpaired) electrons. The van der Waals surface area contributed by atoms with Gasteiger partial charge < -0.3 is 4.57 Å². The molecule has 16 heavy (non-hydrogen) atoms. The summed E-state index contributed by atoms with van der Waals surface area (Å²) < 4.78 is 2.22. The van der Waals surface area contributed by atoms with Gasteiger partial charge in [-0.3, -0.25) is 4.98 Å². The number of fused-ring (bicyclic) bond motifs is 3. The number of nitrogens with zero attached hydrogens (tertiary/aromatic N) is 2. The van der Waals surface area contributed by atoms with Crippen LogP contribution in [0.3, 0.4) is 0 Å². The predicted molar refractivity (Wildman–Crippen MR) is 67.7 cm³/mol. The molecule has 0 amide bonds. The van der Waals surface area contributed by atoms with Crippen LogP contribution in [-0.4, -0.2) is 9.55 Å². The fourth-order valence-corrected chi connectivity index (χ4v) is 2.27. The van der Waals surface area contributed by atoms with E-state index in [2.05, 4.69) is 54.7 Å². The second-order valence-corrected chi connectivity index (χ2v) is 4.46. The molecule has 80 valence electrons. The summed E-state index contributed by atoms with van der Waals surface area (Å²) >= 11 is 0. The molecule has 0 aliphatic heterocycles. The van der Waals surface area contributed by atoms with Crippen LogP contribution in [0.1, 0.15) is 11.1 Å². The number of rotatable bonds is 0. The zero-order valence-corrected chi connectivity index (χ0v) is 9.78. The first kappa shape index (κ1) is 9.40. The summed E-state index contributed by atoms with van der Waals surface area (Å²) in [4.78, 5) is 4.54. The molecule has 3 aromatic rings. The van der Waals surface area contributed by atoms with Crippen molar-refractivity contribution < 1.29 is 0 Å². The SMILES string of the molecule is Cc1ccc2c3ncc(C)cc3n(C)c2c1. The largest absolute Gasteiger partial charge is 0.342 e. The van der Waals surface area contributed by atoms with Crippen molar-refractivity contribution in [2.24, 2.45) is 7.05 Å². The van der Waals surface area contributed by atoms with Crippen LogP contribution in [0, 0.1) is 13.8 Å². The lowest BCUT2D eigenvalue weighted by Crippen LogP contribution is -1.87. The summed E-state index contributed by atoms with van der Waals surface area (Å²) in [7, 11) is 2.10. The topological polar surface area (TPSA) is 17.8 Å². The molecule has 0 fully saturated rings. The first-order valence-corrected chi connectivity index (χ1v) is 5.48. The normalized spacial score (nSPS) is 11.4. The van der Waals surface area contributed by atoms with E-state index in [1.807, 2.05) is 6.20 Å². The van der Waals surface area contributed by atoms with E-state index in [1.165, 1.54) is 27.5 Å². The lowest BCUT2D eigenvalue weighted by Gasteiger charge is -1.98. The summed E-state index contributed by atoms with van der Waals surface area (Å²) in [5.41, 5.74) is 6.06. The molecular formula is C14H14N2. The summed E-state index contributed by atoms with van der Waals surface area (Å²) in [6.45, 7) is 4.20. The molecule has 0 bridgehead atoms. The van der Waals surface area contributed by atoms with Crippen molar-refractivity contribution >= 4 is 21.9 Å². The third kappa shape index (κ3) is 1.16. The summed E-state index contributed by atoms with van der Waals surface area (Å²) in [5, 5.41) is 1.24. The maximum Gasteiger partial charge on any atom is 0.0959 e. The number of benzene rings is 1. The lowest BCUT2D eigenvalue weighted by molar-refractivity contribution is 1.01. The molecular weight excluding hydrogens is 196 g/mol. The molecule has 2 heteroatoms. The Morgan fingerprint density at radius 2 is 1.75 bits per heavy atom. The van der Waals surface area contributed by atoms with Crippen molar-refractivity contribution in [1.82, 2.24) is 9.55 Å². The monoisotopic (exact) mass is 210 g/mol. The fourth-order valence-electron chi connectivity index (χ4n) is 2.27. The maximum atomic E-state index is 4.54. The van der Waals surface area contributed by atoms with Crippen molar-refractivity contribution in [3.05, 3.63) is 41.6 Å². The second-order valence-electron chi connectivity index (χ2n) is 4.46. The summed E-state index contributed by atoms with van der Waals surface area (Å²) in [5.74, 6) is 0. The molecule has 0 N–H and O–H groups in total. The lowest BCUT2D eigenvalue weighted by atomic mass is 10.1. The van der Waals surface area contributed by atoms with Gasteiger partial charge in [-0.1, -0.05) is 12.1 Å². The second kappa shape index (κ2) is 3.08. The van der Waals surface area contributed by atoms with E-state index >= 15 is 0 Å². The molecule has 0 unspecified atom stereocenters. The molecule has 2 aromatic heterocycles. The van der Waals surface area contributed by atoms with Gasteiger partial charge in [0.1, 0.15) is 0 Å². The average molecular weight is 210 g/mol. The zero-order chi connectivity index (χ0) is 11.3. The number of aromatic nitrogens is 2. The minimum atomic E-state index is 1.10. The molecule has 0 spiro atoms. The minimum Gasteiger partial charge on any atom is -0.342 e. The first-order chi connectivity index (χ1) is 7.66. The molecule has 0 aliphatic rings. The van der Waals surface area contributed by atoms with Crippen molar-refractivity contribution in [2.75, 3.05) is 0 Å². The standard InChI is InChI=1S/C14H14N2/c1-9-4-5-11-12(6-9)16(3)13-7-10(2)8-15-14(11)13/h4-8H,1-3H3. The smallest absolute Gasteiger partial charge is 0.0959 e. The van der Waals surface area contributed by atoms with Crippen LogP contribution in [0.4, 0.5) is 0 Å². The molecule has 0 atom stereocenters. The van der Waals surface area contributed by atoms with E-state index < -0.39 is 0 Å².